The van der Waals surface area contributed by atoms with Crippen molar-refractivity contribution in [3.8, 4) is 0 Å². The van der Waals surface area contributed by atoms with E-state index in [1.807, 2.05) is 0 Å². The first kappa shape index (κ1) is 15.8. The zero-order valence-corrected chi connectivity index (χ0v) is 14.2. The Labute approximate surface area is 137 Å². The molecule has 3 rings (SSSR count). The molecule has 0 nitrogen and oxygen atoms in total. The second-order valence-electron chi connectivity index (χ2n) is 7.61. The van der Waals surface area contributed by atoms with Crippen molar-refractivity contribution in [2.45, 2.75) is 64.7 Å². The summed E-state index contributed by atoms with van der Waals surface area (Å²) in [5.41, 5.74) is 2.87. The quantitative estimate of drug-likeness (QED) is 0.557. The predicted octanol–water partition coefficient (Wildman–Crippen LogP) is 6.49. The van der Waals surface area contributed by atoms with Crippen molar-refractivity contribution < 1.29 is 0 Å². The van der Waals surface area contributed by atoms with E-state index in [9.17, 15) is 0 Å². The SMILES string of the molecule is C=CCC1CCC(C2CC[C](c3ccc(C)cc3)CC2)CC1. The summed E-state index contributed by atoms with van der Waals surface area (Å²) in [6.07, 6.45) is 14.7. The van der Waals surface area contributed by atoms with Crippen LogP contribution in [0.1, 0.15) is 68.9 Å². The minimum Gasteiger partial charge on any atom is -0.103 e. The van der Waals surface area contributed by atoms with Crippen molar-refractivity contribution >= 4 is 0 Å². The maximum absolute atomic E-state index is 3.90. The number of rotatable bonds is 4. The molecule has 0 saturated heterocycles. The van der Waals surface area contributed by atoms with Crippen molar-refractivity contribution in [2.75, 3.05) is 0 Å². The van der Waals surface area contributed by atoms with Crippen LogP contribution in [0.25, 0.3) is 0 Å². The van der Waals surface area contributed by atoms with Gasteiger partial charge in [-0.15, -0.1) is 6.58 Å². The number of hydrogen-bond donors (Lipinski definition) is 0. The molecule has 1 aromatic carbocycles. The summed E-state index contributed by atoms with van der Waals surface area (Å²) >= 11 is 0. The van der Waals surface area contributed by atoms with Crippen LogP contribution in [0.15, 0.2) is 36.9 Å². The van der Waals surface area contributed by atoms with Crippen molar-refractivity contribution in [3.05, 3.63) is 54.0 Å². The first-order chi connectivity index (χ1) is 10.8. The van der Waals surface area contributed by atoms with Gasteiger partial charge in [-0.05, 0) is 88.0 Å². The maximum Gasteiger partial charge on any atom is 0.00500 e. The van der Waals surface area contributed by atoms with Crippen LogP contribution in [-0.2, 0) is 0 Å². The van der Waals surface area contributed by atoms with Crippen molar-refractivity contribution in [1.82, 2.24) is 0 Å². The summed E-state index contributed by atoms with van der Waals surface area (Å²) in [6.45, 7) is 6.08. The lowest BCUT2D eigenvalue weighted by Gasteiger charge is -2.37. The molecule has 119 valence electrons. The number of aryl methyl sites for hydroxylation is 1. The third kappa shape index (κ3) is 3.83. The van der Waals surface area contributed by atoms with E-state index in [-0.39, 0.29) is 0 Å². The zero-order chi connectivity index (χ0) is 15.4. The largest absolute Gasteiger partial charge is 0.103 e. The molecule has 0 atom stereocenters. The highest BCUT2D eigenvalue weighted by molar-refractivity contribution is 5.33. The summed E-state index contributed by atoms with van der Waals surface area (Å²) in [7, 11) is 0. The second-order valence-corrected chi connectivity index (χ2v) is 7.61. The number of hydrogen-bond acceptors (Lipinski definition) is 0. The molecule has 0 unspecified atom stereocenters. The van der Waals surface area contributed by atoms with Gasteiger partial charge < -0.3 is 0 Å². The lowest BCUT2D eigenvalue weighted by Crippen LogP contribution is -2.25. The molecule has 2 aliphatic rings. The molecular formula is C22H31. The molecule has 0 heterocycles. The van der Waals surface area contributed by atoms with Crippen molar-refractivity contribution in [1.29, 1.82) is 0 Å². The number of allylic oxidation sites excluding steroid dienone is 1. The fraction of sp³-hybridized carbons (Fsp3) is 0.591. The molecule has 0 bridgehead atoms. The molecule has 1 radical (unpaired) electrons. The van der Waals surface area contributed by atoms with Crippen molar-refractivity contribution in [3.63, 3.8) is 0 Å². The second kappa shape index (κ2) is 7.49. The van der Waals surface area contributed by atoms with Crippen LogP contribution in [0.4, 0.5) is 0 Å². The van der Waals surface area contributed by atoms with Crippen LogP contribution in [0, 0.1) is 30.6 Å². The Balaban J connectivity index is 1.48. The van der Waals surface area contributed by atoms with Crippen LogP contribution in [0.3, 0.4) is 0 Å². The number of benzene rings is 1. The van der Waals surface area contributed by atoms with E-state index in [2.05, 4.69) is 43.8 Å². The van der Waals surface area contributed by atoms with E-state index in [0.717, 1.165) is 17.8 Å². The van der Waals surface area contributed by atoms with Crippen LogP contribution >= 0.6 is 0 Å². The predicted molar refractivity (Wildman–Crippen MR) is 95.7 cm³/mol. The normalized spacial score (nSPS) is 27.7. The van der Waals surface area contributed by atoms with Gasteiger partial charge in [0.15, 0.2) is 0 Å². The molecule has 2 saturated carbocycles. The van der Waals surface area contributed by atoms with Gasteiger partial charge in [-0.2, -0.15) is 0 Å². The molecule has 0 aliphatic heterocycles. The Morgan fingerprint density at radius 1 is 0.909 bits per heavy atom. The van der Waals surface area contributed by atoms with Gasteiger partial charge in [-0.1, -0.05) is 35.9 Å². The first-order valence-corrected chi connectivity index (χ1v) is 9.29. The molecule has 2 fully saturated rings. The van der Waals surface area contributed by atoms with Crippen LogP contribution in [0.5, 0.6) is 0 Å². The molecule has 0 N–H and O–H groups in total. The Bertz CT molecular complexity index is 453. The summed E-state index contributed by atoms with van der Waals surface area (Å²) < 4.78 is 0. The summed E-state index contributed by atoms with van der Waals surface area (Å²) in [6, 6.07) is 9.17. The molecule has 1 aromatic rings. The third-order valence-corrected chi connectivity index (χ3v) is 6.15. The standard InChI is InChI=1S/C22H31/c1-3-4-18-7-11-20(12-8-18)22-15-13-21(14-16-22)19-9-5-17(2)6-10-19/h3,5-6,9-10,18,20,22H,1,4,7-8,11-16H2,2H3. The molecule has 2 aliphatic carbocycles. The van der Waals surface area contributed by atoms with E-state index in [1.54, 1.807) is 5.92 Å². The fourth-order valence-electron chi connectivity index (χ4n) is 4.67. The highest BCUT2D eigenvalue weighted by Crippen LogP contribution is 2.43. The van der Waals surface area contributed by atoms with Gasteiger partial charge in [0.2, 0.25) is 0 Å². The molecular weight excluding hydrogens is 264 g/mol. The Kier molecular flexibility index (Phi) is 5.39. The first-order valence-electron chi connectivity index (χ1n) is 9.29. The lowest BCUT2D eigenvalue weighted by atomic mass is 9.68. The minimum absolute atomic E-state index is 0.937. The van der Waals surface area contributed by atoms with Crippen molar-refractivity contribution in [2.24, 2.45) is 17.8 Å². The third-order valence-electron chi connectivity index (χ3n) is 6.15. The Hall–Kier alpha value is -1.04. The summed E-state index contributed by atoms with van der Waals surface area (Å²) in [5.74, 6) is 4.66. The summed E-state index contributed by atoms with van der Waals surface area (Å²) in [5, 5.41) is 0. The smallest absolute Gasteiger partial charge is 0.00500 e. The molecule has 0 aromatic heterocycles. The van der Waals surface area contributed by atoms with E-state index < -0.39 is 0 Å². The van der Waals surface area contributed by atoms with Crippen LogP contribution in [-0.4, -0.2) is 0 Å². The monoisotopic (exact) mass is 295 g/mol. The molecule has 0 spiro atoms. The molecule has 22 heavy (non-hydrogen) atoms. The molecule has 0 amide bonds. The minimum atomic E-state index is 0.937. The van der Waals surface area contributed by atoms with Gasteiger partial charge in [0.25, 0.3) is 0 Å². The fourth-order valence-corrected chi connectivity index (χ4v) is 4.67. The summed E-state index contributed by atoms with van der Waals surface area (Å²) in [4.78, 5) is 0. The highest BCUT2D eigenvalue weighted by atomic mass is 14.4. The van der Waals surface area contributed by atoms with E-state index >= 15 is 0 Å². The maximum atomic E-state index is 3.90. The Morgan fingerprint density at radius 3 is 2.09 bits per heavy atom. The van der Waals surface area contributed by atoms with Crippen LogP contribution in [0.2, 0.25) is 0 Å². The van der Waals surface area contributed by atoms with E-state index in [1.165, 1.54) is 68.9 Å². The average molecular weight is 295 g/mol. The van der Waals surface area contributed by atoms with Gasteiger partial charge in [0, 0.05) is 5.92 Å². The van der Waals surface area contributed by atoms with Gasteiger partial charge in [-0.25, -0.2) is 0 Å². The lowest BCUT2D eigenvalue weighted by molar-refractivity contribution is 0.174. The highest BCUT2D eigenvalue weighted by Gasteiger charge is 2.31. The topological polar surface area (TPSA) is 0 Å². The van der Waals surface area contributed by atoms with Crippen LogP contribution < -0.4 is 0 Å². The zero-order valence-electron chi connectivity index (χ0n) is 14.2. The van der Waals surface area contributed by atoms with Gasteiger partial charge >= 0.3 is 0 Å². The van der Waals surface area contributed by atoms with Gasteiger partial charge in [-0.3, -0.25) is 0 Å². The average Bonchev–Trinajstić information content (AvgIpc) is 2.57. The molecule has 0 heteroatoms. The van der Waals surface area contributed by atoms with Gasteiger partial charge in [0.05, 0.1) is 0 Å². The van der Waals surface area contributed by atoms with E-state index in [0.29, 0.717) is 0 Å². The Morgan fingerprint density at radius 2 is 1.50 bits per heavy atom. The van der Waals surface area contributed by atoms with Gasteiger partial charge in [0.1, 0.15) is 0 Å². The van der Waals surface area contributed by atoms with E-state index in [4.69, 9.17) is 0 Å².